The third-order valence-electron chi connectivity index (χ3n) is 2.94. The molecule has 0 saturated heterocycles. The van der Waals surface area contributed by atoms with Crippen LogP contribution in [0, 0.1) is 0 Å². The van der Waals surface area contributed by atoms with E-state index in [2.05, 4.69) is 0 Å². The van der Waals surface area contributed by atoms with E-state index in [4.69, 9.17) is 4.74 Å². The van der Waals surface area contributed by atoms with E-state index in [-0.39, 0.29) is 5.78 Å². The molecular weight excluding hydrogens is 240 g/mol. The second-order valence-corrected chi connectivity index (χ2v) is 4.56. The molecule has 0 unspecified atom stereocenters. The van der Waals surface area contributed by atoms with Gasteiger partial charge in [0.2, 0.25) is 0 Å². The first-order valence-electron chi connectivity index (χ1n) is 7.00. The summed E-state index contributed by atoms with van der Waals surface area (Å²) in [6.07, 6.45) is 4.12. The van der Waals surface area contributed by atoms with Crippen LogP contribution in [0.25, 0.3) is 0 Å². The average molecular weight is 262 g/mol. The van der Waals surface area contributed by atoms with E-state index in [0.29, 0.717) is 24.2 Å². The summed E-state index contributed by atoms with van der Waals surface area (Å²) in [5.41, 5.74) is 0.872. The molecule has 0 heterocycles. The minimum absolute atomic E-state index is 0.0184. The molecule has 0 aromatic heterocycles. The van der Waals surface area contributed by atoms with Gasteiger partial charge in [0.15, 0.2) is 5.78 Å². The predicted octanol–water partition coefficient (Wildman–Crippen LogP) is 4.02. The Morgan fingerprint density at radius 1 is 1.00 bits per heavy atom. The Balaban J connectivity index is 2.77. The molecule has 0 amide bonds. The summed E-state index contributed by atoms with van der Waals surface area (Å²) >= 11 is 0. The number of carbonyl (C=O) groups excluding carboxylic acids is 2. The quantitative estimate of drug-likeness (QED) is 0.404. The van der Waals surface area contributed by atoms with Gasteiger partial charge in [-0.15, -0.1) is 0 Å². The van der Waals surface area contributed by atoms with Gasteiger partial charge in [-0.25, -0.2) is 4.79 Å². The molecule has 104 valence electrons. The Morgan fingerprint density at radius 3 is 2.26 bits per heavy atom. The van der Waals surface area contributed by atoms with Crippen molar-refractivity contribution < 1.29 is 14.3 Å². The van der Waals surface area contributed by atoms with Gasteiger partial charge in [0, 0.05) is 12.0 Å². The number of hydrogen-bond donors (Lipinski definition) is 0. The van der Waals surface area contributed by atoms with Gasteiger partial charge in [0.25, 0.3) is 0 Å². The first-order chi connectivity index (χ1) is 9.20. The topological polar surface area (TPSA) is 43.4 Å². The predicted molar refractivity (Wildman–Crippen MR) is 75.5 cm³/mol. The van der Waals surface area contributed by atoms with Gasteiger partial charge in [-0.2, -0.15) is 0 Å². The highest BCUT2D eigenvalue weighted by molar-refractivity contribution is 6.06. The molecular formula is C16H22O3. The second kappa shape index (κ2) is 8.46. The number of hydrogen-bond acceptors (Lipinski definition) is 3. The normalized spacial score (nSPS) is 10.2. The Morgan fingerprint density at radius 2 is 1.63 bits per heavy atom. The van der Waals surface area contributed by atoms with Crippen molar-refractivity contribution >= 4 is 11.8 Å². The maximum Gasteiger partial charge on any atom is 0.338 e. The average Bonchev–Trinajstić information content (AvgIpc) is 2.45. The highest BCUT2D eigenvalue weighted by Crippen LogP contribution is 2.14. The molecule has 0 spiro atoms. The summed E-state index contributed by atoms with van der Waals surface area (Å²) in [6, 6.07) is 6.90. The van der Waals surface area contributed by atoms with Crippen molar-refractivity contribution in [3.8, 4) is 0 Å². The molecule has 3 nitrogen and oxygen atoms in total. The number of esters is 1. The monoisotopic (exact) mass is 262 g/mol. The van der Waals surface area contributed by atoms with Crippen LogP contribution >= 0.6 is 0 Å². The number of carbonyl (C=O) groups is 2. The summed E-state index contributed by atoms with van der Waals surface area (Å²) in [4.78, 5) is 24.0. The molecule has 0 aliphatic rings. The zero-order valence-corrected chi connectivity index (χ0v) is 11.8. The Bertz CT molecular complexity index is 424. The molecule has 0 fully saturated rings. The van der Waals surface area contributed by atoms with Crippen LogP contribution in [0.2, 0.25) is 0 Å². The van der Waals surface area contributed by atoms with E-state index in [1.54, 1.807) is 24.3 Å². The molecule has 19 heavy (non-hydrogen) atoms. The van der Waals surface area contributed by atoms with Crippen LogP contribution in [-0.2, 0) is 4.74 Å². The smallest absolute Gasteiger partial charge is 0.338 e. The lowest BCUT2D eigenvalue weighted by molar-refractivity contribution is 0.0496. The lowest BCUT2D eigenvalue weighted by atomic mass is 10.00. The van der Waals surface area contributed by atoms with Crippen molar-refractivity contribution in [2.75, 3.05) is 6.61 Å². The van der Waals surface area contributed by atoms with Gasteiger partial charge in [-0.05, 0) is 18.9 Å². The Kier molecular flexibility index (Phi) is 6.86. The van der Waals surface area contributed by atoms with Gasteiger partial charge in [0.1, 0.15) is 0 Å². The minimum atomic E-state index is -0.395. The Labute approximate surface area is 115 Å². The number of unbranched alkanes of at least 4 members (excludes halogenated alkanes) is 2. The molecule has 1 aromatic rings. The van der Waals surface area contributed by atoms with Crippen LogP contribution in [0.15, 0.2) is 24.3 Å². The lowest BCUT2D eigenvalue weighted by Crippen LogP contribution is -2.12. The van der Waals surface area contributed by atoms with E-state index in [1.807, 2.05) is 13.8 Å². The third kappa shape index (κ3) is 4.86. The summed E-state index contributed by atoms with van der Waals surface area (Å²) in [6.45, 7) is 4.49. The van der Waals surface area contributed by atoms with Crippen LogP contribution in [0.1, 0.15) is 66.7 Å². The van der Waals surface area contributed by atoms with Crippen molar-refractivity contribution in [3.63, 3.8) is 0 Å². The minimum Gasteiger partial charge on any atom is -0.462 e. The number of ether oxygens (including phenoxy) is 1. The van der Waals surface area contributed by atoms with Gasteiger partial charge >= 0.3 is 5.97 Å². The SMILES string of the molecule is CCCCOC(=O)c1ccccc1C(=O)CCCC. The molecule has 0 saturated carbocycles. The maximum atomic E-state index is 12.1. The van der Waals surface area contributed by atoms with Crippen molar-refractivity contribution in [1.82, 2.24) is 0 Å². The van der Waals surface area contributed by atoms with Crippen LogP contribution in [0.4, 0.5) is 0 Å². The van der Waals surface area contributed by atoms with Crippen LogP contribution < -0.4 is 0 Å². The molecule has 0 aliphatic carbocycles. The van der Waals surface area contributed by atoms with E-state index < -0.39 is 5.97 Å². The Hall–Kier alpha value is -1.64. The highest BCUT2D eigenvalue weighted by Gasteiger charge is 2.16. The molecule has 1 rings (SSSR count). The molecule has 0 N–H and O–H groups in total. The zero-order chi connectivity index (χ0) is 14.1. The first kappa shape index (κ1) is 15.4. The zero-order valence-electron chi connectivity index (χ0n) is 11.8. The molecule has 0 radical (unpaired) electrons. The van der Waals surface area contributed by atoms with Crippen LogP contribution in [-0.4, -0.2) is 18.4 Å². The molecule has 0 aliphatic heterocycles. The molecule has 0 atom stereocenters. The van der Waals surface area contributed by atoms with Crippen molar-refractivity contribution in [2.45, 2.75) is 46.0 Å². The summed E-state index contributed by atoms with van der Waals surface area (Å²) in [5, 5.41) is 0. The van der Waals surface area contributed by atoms with E-state index >= 15 is 0 Å². The van der Waals surface area contributed by atoms with Gasteiger partial charge in [0.05, 0.1) is 12.2 Å². The van der Waals surface area contributed by atoms with Gasteiger partial charge in [-0.3, -0.25) is 4.79 Å². The molecule has 3 heteroatoms. The fraction of sp³-hybridized carbons (Fsp3) is 0.500. The van der Waals surface area contributed by atoms with Crippen molar-refractivity contribution in [3.05, 3.63) is 35.4 Å². The number of rotatable bonds is 8. The third-order valence-corrected chi connectivity index (χ3v) is 2.94. The highest BCUT2D eigenvalue weighted by atomic mass is 16.5. The first-order valence-corrected chi connectivity index (χ1v) is 7.00. The molecule has 0 bridgehead atoms. The molecule has 1 aromatic carbocycles. The largest absolute Gasteiger partial charge is 0.462 e. The van der Waals surface area contributed by atoms with Gasteiger partial charge < -0.3 is 4.74 Å². The van der Waals surface area contributed by atoms with Crippen molar-refractivity contribution in [1.29, 1.82) is 0 Å². The van der Waals surface area contributed by atoms with Crippen LogP contribution in [0.5, 0.6) is 0 Å². The number of benzene rings is 1. The van der Waals surface area contributed by atoms with Gasteiger partial charge in [-0.1, -0.05) is 44.9 Å². The summed E-state index contributed by atoms with van der Waals surface area (Å²) in [5.74, 6) is -0.376. The fourth-order valence-electron chi connectivity index (χ4n) is 1.76. The maximum absolute atomic E-state index is 12.1. The summed E-state index contributed by atoms with van der Waals surface area (Å²) in [7, 11) is 0. The number of Topliss-reactive ketones (excluding diaryl/α,β-unsaturated/α-hetero) is 1. The van der Waals surface area contributed by atoms with E-state index in [0.717, 1.165) is 25.7 Å². The fourth-order valence-corrected chi connectivity index (χ4v) is 1.76. The standard InChI is InChI=1S/C16H22O3/c1-3-5-11-15(17)13-9-7-8-10-14(13)16(18)19-12-6-4-2/h7-10H,3-6,11-12H2,1-2H3. The van der Waals surface area contributed by atoms with E-state index in [1.165, 1.54) is 0 Å². The summed E-state index contributed by atoms with van der Waals surface area (Å²) < 4.78 is 5.17. The van der Waals surface area contributed by atoms with E-state index in [9.17, 15) is 9.59 Å². The number of ketones is 1. The second-order valence-electron chi connectivity index (χ2n) is 4.56. The lowest BCUT2D eigenvalue weighted by Gasteiger charge is -2.08. The van der Waals surface area contributed by atoms with Crippen LogP contribution in [0.3, 0.4) is 0 Å². The van der Waals surface area contributed by atoms with Crippen molar-refractivity contribution in [2.24, 2.45) is 0 Å².